The van der Waals surface area contributed by atoms with Crippen LogP contribution in [0.4, 0.5) is 5.69 Å². The van der Waals surface area contributed by atoms with Crippen LogP contribution in [0.3, 0.4) is 0 Å². The van der Waals surface area contributed by atoms with E-state index in [2.05, 4.69) is 6.58 Å². The van der Waals surface area contributed by atoms with Crippen LogP contribution in [-0.2, 0) is 0 Å². The summed E-state index contributed by atoms with van der Waals surface area (Å²) < 4.78 is 5.15. The standard InChI is InChI=1S/C13H18N2O2/c1-9(2)8-15(3)13(16)12-10(14)6-5-7-11(12)17-4/h5-7H,1,8,14H2,2-4H3. The second kappa shape index (κ2) is 5.39. The van der Waals surface area contributed by atoms with Gasteiger partial charge in [-0.15, -0.1) is 0 Å². The molecule has 1 aromatic carbocycles. The first-order valence-corrected chi connectivity index (χ1v) is 5.29. The summed E-state index contributed by atoms with van der Waals surface area (Å²) in [6, 6.07) is 5.16. The molecule has 0 saturated carbocycles. The molecule has 0 bridgehead atoms. The van der Waals surface area contributed by atoms with Crippen LogP contribution in [0.15, 0.2) is 30.4 Å². The zero-order valence-electron chi connectivity index (χ0n) is 10.5. The first-order valence-electron chi connectivity index (χ1n) is 5.29. The quantitative estimate of drug-likeness (QED) is 0.639. The lowest BCUT2D eigenvalue weighted by Crippen LogP contribution is -2.29. The third-order valence-electron chi connectivity index (χ3n) is 2.35. The van der Waals surface area contributed by atoms with Gasteiger partial charge in [0.1, 0.15) is 11.3 Å². The Hall–Kier alpha value is -1.97. The Bertz CT molecular complexity index is 441. The molecule has 2 N–H and O–H groups in total. The van der Waals surface area contributed by atoms with Gasteiger partial charge in [-0.3, -0.25) is 4.79 Å². The second-order valence-corrected chi connectivity index (χ2v) is 4.04. The molecule has 0 aliphatic rings. The van der Waals surface area contributed by atoms with Crippen LogP contribution in [0.1, 0.15) is 17.3 Å². The zero-order valence-corrected chi connectivity index (χ0v) is 10.5. The van der Waals surface area contributed by atoms with Gasteiger partial charge in [0.15, 0.2) is 0 Å². The van der Waals surface area contributed by atoms with Crippen molar-refractivity contribution in [1.29, 1.82) is 0 Å². The van der Waals surface area contributed by atoms with Crippen molar-refractivity contribution in [1.82, 2.24) is 4.90 Å². The van der Waals surface area contributed by atoms with Gasteiger partial charge in [-0.05, 0) is 19.1 Å². The number of rotatable bonds is 4. The molecule has 0 atom stereocenters. The Balaban J connectivity index is 3.07. The molecule has 0 aromatic heterocycles. The van der Waals surface area contributed by atoms with E-state index >= 15 is 0 Å². The van der Waals surface area contributed by atoms with Crippen molar-refractivity contribution in [3.8, 4) is 5.75 Å². The molecule has 0 aliphatic carbocycles. The maximum atomic E-state index is 12.2. The minimum Gasteiger partial charge on any atom is -0.496 e. The van der Waals surface area contributed by atoms with Gasteiger partial charge in [-0.2, -0.15) is 0 Å². The normalized spacial score (nSPS) is 9.82. The molecule has 0 aliphatic heterocycles. The highest BCUT2D eigenvalue weighted by Crippen LogP contribution is 2.25. The molecule has 1 amide bonds. The molecule has 4 heteroatoms. The molecule has 0 heterocycles. The number of hydrogen-bond acceptors (Lipinski definition) is 3. The summed E-state index contributed by atoms with van der Waals surface area (Å²) in [5.41, 5.74) is 7.55. The number of anilines is 1. The Morgan fingerprint density at radius 1 is 1.53 bits per heavy atom. The number of likely N-dealkylation sites (N-methyl/N-ethyl adjacent to an activating group) is 1. The van der Waals surface area contributed by atoms with Crippen molar-refractivity contribution >= 4 is 11.6 Å². The highest BCUT2D eigenvalue weighted by atomic mass is 16.5. The lowest BCUT2D eigenvalue weighted by Gasteiger charge is -2.19. The molecule has 1 aromatic rings. The van der Waals surface area contributed by atoms with Crippen LogP contribution in [0.2, 0.25) is 0 Å². The van der Waals surface area contributed by atoms with Gasteiger partial charge < -0.3 is 15.4 Å². The topological polar surface area (TPSA) is 55.6 Å². The molecule has 1 rings (SSSR count). The number of carbonyl (C=O) groups is 1. The van der Waals surface area contributed by atoms with Crippen LogP contribution >= 0.6 is 0 Å². The van der Waals surface area contributed by atoms with Crippen molar-refractivity contribution in [2.75, 3.05) is 26.4 Å². The summed E-state index contributed by atoms with van der Waals surface area (Å²) in [4.78, 5) is 13.8. The zero-order chi connectivity index (χ0) is 13.0. The van der Waals surface area contributed by atoms with E-state index in [4.69, 9.17) is 10.5 Å². The van der Waals surface area contributed by atoms with Crippen molar-refractivity contribution in [2.45, 2.75) is 6.92 Å². The van der Waals surface area contributed by atoms with E-state index in [1.165, 1.54) is 7.11 Å². The van der Waals surface area contributed by atoms with E-state index < -0.39 is 0 Å². The average molecular weight is 234 g/mol. The first-order chi connectivity index (χ1) is 7.97. The largest absolute Gasteiger partial charge is 0.496 e. The fourth-order valence-corrected chi connectivity index (χ4v) is 1.61. The molecular formula is C13H18N2O2. The SMILES string of the molecule is C=C(C)CN(C)C(=O)c1c(N)cccc1OC. The van der Waals surface area contributed by atoms with Crippen molar-refractivity contribution < 1.29 is 9.53 Å². The van der Waals surface area contributed by atoms with E-state index in [1.807, 2.05) is 6.92 Å². The molecule has 0 spiro atoms. The monoisotopic (exact) mass is 234 g/mol. The van der Waals surface area contributed by atoms with Gasteiger partial charge in [0.25, 0.3) is 5.91 Å². The van der Waals surface area contributed by atoms with E-state index in [0.29, 0.717) is 23.5 Å². The lowest BCUT2D eigenvalue weighted by atomic mass is 10.1. The van der Waals surface area contributed by atoms with Crippen LogP contribution in [0.5, 0.6) is 5.75 Å². The van der Waals surface area contributed by atoms with Gasteiger partial charge in [-0.25, -0.2) is 0 Å². The lowest BCUT2D eigenvalue weighted by molar-refractivity contribution is 0.0804. The van der Waals surface area contributed by atoms with E-state index in [0.717, 1.165) is 5.57 Å². The molecule has 0 radical (unpaired) electrons. The van der Waals surface area contributed by atoms with E-state index in [9.17, 15) is 4.79 Å². The van der Waals surface area contributed by atoms with Crippen LogP contribution in [0.25, 0.3) is 0 Å². The highest BCUT2D eigenvalue weighted by Gasteiger charge is 2.19. The summed E-state index contributed by atoms with van der Waals surface area (Å²) in [5.74, 6) is 0.325. The minimum absolute atomic E-state index is 0.164. The molecule has 0 unspecified atom stereocenters. The number of nitrogens with zero attached hydrogens (tertiary/aromatic N) is 1. The van der Waals surface area contributed by atoms with Gasteiger partial charge >= 0.3 is 0 Å². The Morgan fingerprint density at radius 2 is 2.18 bits per heavy atom. The smallest absolute Gasteiger partial charge is 0.259 e. The number of benzene rings is 1. The minimum atomic E-state index is -0.164. The Morgan fingerprint density at radius 3 is 2.71 bits per heavy atom. The van der Waals surface area contributed by atoms with Crippen molar-refractivity contribution in [3.05, 3.63) is 35.9 Å². The van der Waals surface area contributed by atoms with Crippen molar-refractivity contribution in [2.24, 2.45) is 0 Å². The van der Waals surface area contributed by atoms with Gasteiger partial charge in [-0.1, -0.05) is 18.2 Å². The van der Waals surface area contributed by atoms with Gasteiger partial charge in [0, 0.05) is 19.3 Å². The summed E-state index contributed by atoms with van der Waals surface area (Å²) in [7, 11) is 3.23. The van der Waals surface area contributed by atoms with Crippen LogP contribution in [-0.4, -0.2) is 31.5 Å². The maximum Gasteiger partial charge on any atom is 0.259 e. The molecular weight excluding hydrogens is 216 g/mol. The third kappa shape index (κ3) is 3.00. The van der Waals surface area contributed by atoms with E-state index in [-0.39, 0.29) is 5.91 Å². The second-order valence-electron chi connectivity index (χ2n) is 4.04. The fraction of sp³-hybridized carbons (Fsp3) is 0.308. The van der Waals surface area contributed by atoms with Crippen LogP contribution < -0.4 is 10.5 Å². The Labute approximate surface area is 102 Å². The third-order valence-corrected chi connectivity index (χ3v) is 2.35. The average Bonchev–Trinajstić information content (AvgIpc) is 2.26. The van der Waals surface area contributed by atoms with E-state index in [1.54, 1.807) is 30.1 Å². The highest BCUT2D eigenvalue weighted by molar-refractivity contribution is 6.01. The predicted octanol–water partition coefficient (Wildman–Crippen LogP) is 1.93. The number of carbonyl (C=O) groups excluding carboxylic acids is 1. The maximum absolute atomic E-state index is 12.2. The fourth-order valence-electron chi connectivity index (χ4n) is 1.61. The molecule has 92 valence electrons. The van der Waals surface area contributed by atoms with Gasteiger partial charge in [0.05, 0.1) is 7.11 Å². The number of nitrogen functional groups attached to an aromatic ring is 1. The summed E-state index contributed by atoms with van der Waals surface area (Å²) >= 11 is 0. The Kier molecular flexibility index (Phi) is 4.15. The summed E-state index contributed by atoms with van der Waals surface area (Å²) in [6.07, 6.45) is 0. The van der Waals surface area contributed by atoms with Crippen LogP contribution in [0, 0.1) is 0 Å². The summed E-state index contributed by atoms with van der Waals surface area (Å²) in [6.45, 7) is 6.15. The summed E-state index contributed by atoms with van der Waals surface area (Å²) in [5, 5.41) is 0. The molecule has 4 nitrogen and oxygen atoms in total. The van der Waals surface area contributed by atoms with Gasteiger partial charge in [0.2, 0.25) is 0 Å². The number of hydrogen-bond donors (Lipinski definition) is 1. The number of nitrogens with two attached hydrogens (primary N) is 1. The number of ether oxygens (including phenoxy) is 1. The number of amides is 1. The first kappa shape index (κ1) is 13.1. The number of methoxy groups -OCH3 is 1. The molecule has 0 fully saturated rings. The molecule has 0 saturated heterocycles. The van der Waals surface area contributed by atoms with Crippen molar-refractivity contribution in [3.63, 3.8) is 0 Å². The molecule has 17 heavy (non-hydrogen) atoms. The predicted molar refractivity (Wildman–Crippen MR) is 69.2 cm³/mol.